The summed E-state index contributed by atoms with van der Waals surface area (Å²) in [4.78, 5) is 8.25. The summed E-state index contributed by atoms with van der Waals surface area (Å²) in [6.45, 7) is 0.778. The summed E-state index contributed by atoms with van der Waals surface area (Å²) in [5.41, 5.74) is 0. The maximum Gasteiger partial charge on any atom is 0.191 e. The van der Waals surface area contributed by atoms with Crippen molar-refractivity contribution >= 4 is 6.34 Å². The third-order valence-electron chi connectivity index (χ3n) is 0.838. The van der Waals surface area contributed by atoms with Crippen LogP contribution < -0.4 is 10.9 Å². The molecule has 0 aromatic carbocycles. The van der Waals surface area contributed by atoms with Crippen LogP contribution in [0.25, 0.3) is 0 Å². The molecule has 1 atom stereocenters. The Bertz CT molecular complexity index is 145. The quantitative estimate of drug-likeness (QED) is 0.230. The Morgan fingerprint density at radius 2 is 2.27 bits per heavy atom. The Kier molecular flexibility index (Phi) is 3.85. The fourth-order valence-electron chi connectivity index (χ4n) is 0.519. The zero-order valence-electron chi connectivity index (χ0n) is 5.93. The third kappa shape index (κ3) is 6.48. The molecule has 8 nitrogen and oxygen atoms in total. The first kappa shape index (κ1) is 9.59. The lowest BCUT2D eigenvalue weighted by molar-refractivity contribution is -0.887. The van der Waals surface area contributed by atoms with Crippen molar-refractivity contribution < 1.29 is 10.1 Å². The highest BCUT2D eigenvalue weighted by Gasteiger charge is 2.08. The topological polar surface area (TPSA) is 112 Å². The predicted molar refractivity (Wildman–Crippen MR) is 36.6 cm³/mol. The molecule has 0 aromatic heterocycles. The van der Waals surface area contributed by atoms with E-state index in [2.05, 4.69) is 5.10 Å². The Morgan fingerprint density at radius 1 is 1.82 bits per heavy atom. The van der Waals surface area contributed by atoms with E-state index in [0.717, 1.165) is 11.7 Å². The molecule has 0 radical (unpaired) electrons. The molecule has 8 heteroatoms. The molecule has 0 spiro atoms. The molecule has 0 aromatic rings. The van der Waals surface area contributed by atoms with E-state index < -0.39 is 5.09 Å². The van der Waals surface area contributed by atoms with E-state index in [0.29, 0.717) is 0 Å². The largest absolute Gasteiger partial charge is 0.356 e. The van der Waals surface area contributed by atoms with Crippen LogP contribution in [0, 0.1) is 15.3 Å². The number of hydrogen-bond acceptors (Lipinski definition) is 6. The van der Waals surface area contributed by atoms with E-state index in [-0.39, 0.29) is 0 Å². The summed E-state index contributed by atoms with van der Waals surface area (Å²) in [6, 6.07) is 0. The second-order valence-electron chi connectivity index (χ2n) is 1.88. The van der Waals surface area contributed by atoms with Gasteiger partial charge in [-0.1, -0.05) is 5.10 Å². The van der Waals surface area contributed by atoms with Gasteiger partial charge in [-0.25, -0.2) is 10.9 Å². The molecular weight excluding hydrogens is 154 g/mol. The van der Waals surface area contributed by atoms with Crippen LogP contribution in [0.5, 0.6) is 0 Å². The molecule has 64 valence electrons. The van der Waals surface area contributed by atoms with Crippen LogP contribution in [-0.2, 0) is 0 Å². The molecule has 1 heterocycles. The van der Waals surface area contributed by atoms with Gasteiger partial charge < -0.3 is 15.3 Å². The van der Waals surface area contributed by atoms with E-state index in [4.69, 9.17) is 21.2 Å². The van der Waals surface area contributed by atoms with E-state index in [9.17, 15) is 0 Å². The maximum absolute atomic E-state index is 8.25. The SMILES string of the molecule is C[NH+]1CN(N)C=N1.O=[N+]([O-])[O-]. The minimum atomic E-state index is -1.75. The number of quaternary nitrogens is 1. The molecule has 0 saturated heterocycles. The predicted octanol–water partition coefficient (Wildman–Crippen LogP) is -2.65. The molecule has 0 saturated carbocycles. The number of hydrazine groups is 1. The summed E-state index contributed by atoms with van der Waals surface area (Å²) in [5.74, 6) is 5.29. The van der Waals surface area contributed by atoms with Crippen LogP contribution in [0.15, 0.2) is 5.10 Å². The minimum absolute atomic E-state index is 0.778. The molecule has 1 aliphatic rings. The number of nitrogens with one attached hydrogen (secondary N) is 1. The summed E-state index contributed by atoms with van der Waals surface area (Å²) in [6.07, 6.45) is 1.62. The van der Waals surface area contributed by atoms with Gasteiger partial charge in [0.25, 0.3) is 0 Å². The number of hydrogen-bond donors (Lipinski definition) is 2. The lowest BCUT2D eigenvalue weighted by Crippen LogP contribution is -3.03. The van der Waals surface area contributed by atoms with Crippen molar-refractivity contribution in [3.63, 3.8) is 0 Å². The first-order chi connectivity index (χ1) is 5.02. The standard InChI is InChI=1S/C3H8N4.NO3/c1-6-3-7(4)2-5-6;2-1(3)4/h2H,3-4H2,1H3;/q;-1/p+1. The first-order valence-electron chi connectivity index (χ1n) is 2.72. The van der Waals surface area contributed by atoms with Crippen molar-refractivity contribution in [2.45, 2.75) is 0 Å². The second kappa shape index (κ2) is 4.41. The normalized spacial score (nSPS) is 20.9. The molecule has 1 aliphatic heterocycles. The minimum Gasteiger partial charge on any atom is -0.356 e. The average molecular weight is 163 g/mol. The zero-order valence-corrected chi connectivity index (χ0v) is 5.93. The summed E-state index contributed by atoms with van der Waals surface area (Å²) in [7, 11) is 1.95. The van der Waals surface area contributed by atoms with Gasteiger partial charge in [0, 0.05) is 0 Å². The third-order valence-corrected chi connectivity index (χ3v) is 0.838. The highest BCUT2D eigenvalue weighted by atomic mass is 16.9. The average Bonchev–Trinajstić information content (AvgIpc) is 2.13. The fourth-order valence-corrected chi connectivity index (χ4v) is 0.519. The lowest BCUT2D eigenvalue weighted by atomic mass is 11.0. The van der Waals surface area contributed by atoms with E-state index in [1.807, 2.05) is 7.05 Å². The fraction of sp³-hybridized carbons (Fsp3) is 0.667. The molecular formula is C3H9N5O3. The molecule has 0 fully saturated rings. The highest BCUT2D eigenvalue weighted by molar-refractivity contribution is 5.53. The van der Waals surface area contributed by atoms with Gasteiger partial charge in [-0.05, 0) is 0 Å². The summed E-state index contributed by atoms with van der Waals surface area (Å²) >= 11 is 0. The van der Waals surface area contributed by atoms with Crippen molar-refractivity contribution in [1.29, 1.82) is 0 Å². The van der Waals surface area contributed by atoms with Crippen LogP contribution in [0.3, 0.4) is 0 Å². The molecule has 1 unspecified atom stereocenters. The van der Waals surface area contributed by atoms with Crippen LogP contribution in [0.1, 0.15) is 0 Å². The maximum atomic E-state index is 8.25. The highest BCUT2D eigenvalue weighted by Crippen LogP contribution is 1.65. The van der Waals surface area contributed by atoms with Gasteiger partial charge in [0.15, 0.2) is 13.0 Å². The second-order valence-corrected chi connectivity index (χ2v) is 1.88. The Balaban J connectivity index is 0.000000218. The lowest BCUT2D eigenvalue weighted by Gasteiger charge is -2.01. The van der Waals surface area contributed by atoms with E-state index in [1.165, 1.54) is 0 Å². The van der Waals surface area contributed by atoms with E-state index in [1.54, 1.807) is 11.3 Å². The van der Waals surface area contributed by atoms with Crippen LogP contribution in [-0.4, -0.2) is 30.2 Å². The first-order valence-corrected chi connectivity index (χ1v) is 2.72. The van der Waals surface area contributed by atoms with Crippen LogP contribution >= 0.6 is 0 Å². The molecule has 0 aliphatic carbocycles. The Hall–Kier alpha value is -1.41. The van der Waals surface area contributed by atoms with Gasteiger partial charge in [-0.15, -0.1) is 0 Å². The van der Waals surface area contributed by atoms with Gasteiger partial charge in [0.05, 0.1) is 12.1 Å². The molecule has 11 heavy (non-hydrogen) atoms. The van der Waals surface area contributed by atoms with E-state index >= 15 is 0 Å². The van der Waals surface area contributed by atoms with Crippen LogP contribution in [0.4, 0.5) is 0 Å². The Morgan fingerprint density at radius 3 is 2.36 bits per heavy atom. The monoisotopic (exact) mass is 163 g/mol. The van der Waals surface area contributed by atoms with Gasteiger partial charge in [0.2, 0.25) is 0 Å². The van der Waals surface area contributed by atoms with Crippen LogP contribution in [0.2, 0.25) is 0 Å². The zero-order chi connectivity index (χ0) is 8.85. The summed E-state index contributed by atoms with van der Waals surface area (Å²) < 4.78 is 0. The van der Waals surface area contributed by atoms with Crippen molar-refractivity contribution in [3.8, 4) is 0 Å². The van der Waals surface area contributed by atoms with Gasteiger partial charge in [-0.3, -0.25) is 0 Å². The number of rotatable bonds is 0. The van der Waals surface area contributed by atoms with Crippen molar-refractivity contribution in [3.05, 3.63) is 15.3 Å². The number of nitrogens with two attached hydrogens (primary N) is 1. The summed E-state index contributed by atoms with van der Waals surface area (Å²) in [5, 5.41) is 21.3. The van der Waals surface area contributed by atoms with Gasteiger partial charge >= 0.3 is 0 Å². The molecule has 0 amide bonds. The van der Waals surface area contributed by atoms with Gasteiger partial charge in [0.1, 0.15) is 0 Å². The van der Waals surface area contributed by atoms with Gasteiger partial charge in [-0.2, -0.15) is 5.01 Å². The Labute approximate surface area is 62.6 Å². The molecule has 1 rings (SSSR count). The van der Waals surface area contributed by atoms with Crippen molar-refractivity contribution in [2.75, 3.05) is 13.7 Å². The number of nitrogens with zero attached hydrogens (tertiary/aromatic N) is 3. The smallest absolute Gasteiger partial charge is 0.191 e. The van der Waals surface area contributed by atoms with Crippen molar-refractivity contribution in [2.24, 2.45) is 10.9 Å². The molecule has 0 bridgehead atoms. The molecule has 3 N–H and O–H groups in total. The van der Waals surface area contributed by atoms with Crippen molar-refractivity contribution in [1.82, 2.24) is 5.01 Å².